The monoisotopic (exact) mass is 389 g/mol. The molecule has 10 heteroatoms. The van der Waals surface area contributed by atoms with Gasteiger partial charge in [0, 0.05) is 45.8 Å². The first kappa shape index (κ1) is 20.8. The van der Waals surface area contributed by atoms with E-state index in [4.69, 9.17) is 4.74 Å². The molecule has 2 aliphatic heterocycles. The Morgan fingerprint density at radius 1 is 1.15 bits per heavy atom. The van der Waals surface area contributed by atoms with Crippen molar-refractivity contribution < 1.29 is 17.9 Å². The number of likely N-dealkylation sites (tertiary alicyclic amines) is 1. The molecule has 0 spiro atoms. The second kappa shape index (κ2) is 9.40. The molecule has 26 heavy (non-hydrogen) atoms. The molecule has 0 saturated carbocycles. The summed E-state index contributed by atoms with van der Waals surface area (Å²) in [5, 5.41) is 6.76. The molecule has 150 valence electrons. The highest BCUT2D eigenvalue weighted by atomic mass is 32.2. The first-order chi connectivity index (χ1) is 12.3. The van der Waals surface area contributed by atoms with Gasteiger partial charge in [0.15, 0.2) is 5.96 Å². The number of hydrogen-bond donors (Lipinski definition) is 2. The van der Waals surface area contributed by atoms with E-state index in [0.717, 1.165) is 38.2 Å². The summed E-state index contributed by atoms with van der Waals surface area (Å²) in [4.78, 5) is 17.5. The summed E-state index contributed by atoms with van der Waals surface area (Å²) in [6.45, 7) is 3.29. The third-order valence-electron chi connectivity index (χ3n) is 5.09. The van der Waals surface area contributed by atoms with Gasteiger partial charge in [-0.05, 0) is 31.6 Å². The zero-order chi connectivity index (χ0) is 19.2. The van der Waals surface area contributed by atoms with Gasteiger partial charge >= 0.3 is 6.09 Å². The second-order valence-corrected chi connectivity index (χ2v) is 8.92. The SMILES string of the molecule is CN=C(NCC1CCN(S(C)(=O)=O)CC1)NC1CCN(C(=O)OC)CC1. The molecular weight excluding hydrogens is 358 g/mol. The summed E-state index contributed by atoms with van der Waals surface area (Å²) in [6.07, 6.45) is 4.41. The molecule has 0 bridgehead atoms. The quantitative estimate of drug-likeness (QED) is 0.520. The van der Waals surface area contributed by atoms with E-state index in [2.05, 4.69) is 15.6 Å². The molecule has 0 aromatic heterocycles. The minimum atomic E-state index is -3.08. The number of aliphatic imine (C=N–C) groups is 1. The highest BCUT2D eigenvalue weighted by molar-refractivity contribution is 7.88. The van der Waals surface area contributed by atoms with E-state index in [-0.39, 0.29) is 12.1 Å². The Bertz CT molecular complexity index is 594. The largest absolute Gasteiger partial charge is 0.453 e. The maximum Gasteiger partial charge on any atom is 0.409 e. The lowest BCUT2D eigenvalue weighted by Gasteiger charge is -2.33. The molecule has 0 aromatic rings. The maximum absolute atomic E-state index is 11.6. The minimum absolute atomic E-state index is 0.272. The average molecular weight is 390 g/mol. The third kappa shape index (κ3) is 6.01. The van der Waals surface area contributed by atoms with Crippen LogP contribution in [0.15, 0.2) is 4.99 Å². The number of methoxy groups -OCH3 is 1. The summed E-state index contributed by atoms with van der Waals surface area (Å²) in [5.41, 5.74) is 0. The van der Waals surface area contributed by atoms with E-state index < -0.39 is 10.0 Å². The van der Waals surface area contributed by atoms with E-state index in [0.29, 0.717) is 32.1 Å². The van der Waals surface area contributed by atoms with Gasteiger partial charge in [-0.15, -0.1) is 0 Å². The molecule has 2 saturated heterocycles. The van der Waals surface area contributed by atoms with Crippen LogP contribution < -0.4 is 10.6 Å². The van der Waals surface area contributed by atoms with Crippen LogP contribution in [0.25, 0.3) is 0 Å². The van der Waals surface area contributed by atoms with Crippen molar-refractivity contribution in [1.29, 1.82) is 0 Å². The second-order valence-electron chi connectivity index (χ2n) is 6.93. The maximum atomic E-state index is 11.6. The van der Waals surface area contributed by atoms with Gasteiger partial charge in [-0.3, -0.25) is 4.99 Å². The predicted molar refractivity (Wildman–Crippen MR) is 101 cm³/mol. The van der Waals surface area contributed by atoms with Crippen LogP contribution in [-0.4, -0.2) is 88.9 Å². The van der Waals surface area contributed by atoms with Gasteiger partial charge in [-0.1, -0.05) is 0 Å². The Labute approximate surface area is 156 Å². The highest BCUT2D eigenvalue weighted by Gasteiger charge is 2.26. The number of ether oxygens (including phenoxy) is 1. The number of rotatable bonds is 4. The predicted octanol–water partition coefficient (Wildman–Crippen LogP) is 0.0538. The molecule has 2 rings (SSSR count). The fourth-order valence-electron chi connectivity index (χ4n) is 3.41. The zero-order valence-electron chi connectivity index (χ0n) is 15.9. The summed E-state index contributed by atoms with van der Waals surface area (Å²) >= 11 is 0. The lowest BCUT2D eigenvalue weighted by atomic mass is 9.98. The standard InChI is InChI=1S/C16H31N5O4S/c1-17-15(19-14-6-8-20(9-7-14)16(22)25-2)18-12-13-4-10-21(11-5-13)26(3,23)24/h13-14H,4-12H2,1-3H3,(H2,17,18,19). The van der Waals surface area contributed by atoms with Crippen LogP contribution in [0.2, 0.25) is 0 Å². The molecular formula is C16H31N5O4S. The molecule has 0 unspecified atom stereocenters. The first-order valence-corrected chi connectivity index (χ1v) is 10.9. The van der Waals surface area contributed by atoms with Crippen LogP contribution in [0.5, 0.6) is 0 Å². The van der Waals surface area contributed by atoms with E-state index in [1.165, 1.54) is 13.4 Å². The Morgan fingerprint density at radius 2 is 1.77 bits per heavy atom. The molecule has 0 aliphatic carbocycles. The number of guanidine groups is 1. The fraction of sp³-hybridized carbons (Fsp3) is 0.875. The van der Waals surface area contributed by atoms with Crippen LogP contribution >= 0.6 is 0 Å². The normalized spacial score (nSPS) is 21.5. The van der Waals surface area contributed by atoms with Gasteiger partial charge in [0.05, 0.1) is 13.4 Å². The molecule has 0 radical (unpaired) electrons. The van der Waals surface area contributed by atoms with Crippen LogP contribution in [0.3, 0.4) is 0 Å². The van der Waals surface area contributed by atoms with Crippen molar-refractivity contribution in [3.05, 3.63) is 0 Å². The van der Waals surface area contributed by atoms with Gasteiger partial charge in [0.25, 0.3) is 0 Å². The van der Waals surface area contributed by atoms with Crippen molar-refractivity contribution in [2.75, 3.05) is 53.1 Å². The van der Waals surface area contributed by atoms with Gasteiger partial charge in [0.1, 0.15) is 0 Å². The molecule has 9 nitrogen and oxygen atoms in total. The number of nitrogens with one attached hydrogen (secondary N) is 2. The Morgan fingerprint density at radius 3 is 2.27 bits per heavy atom. The fourth-order valence-corrected chi connectivity index (χ4v) is 4.28. The number of amides is 1. The zero-order valence-corrected chi connectivity index (χ0v) is 16.7. The molecule has 2 fully saturated rings. The molecule has 0 aromatic carbocycles. The highest BCUT2D eigenvalue weighted by Crippen LogP contribution is 2.18. The number of carbonyl (C=O) groups excluding carboxylic acids is 1. The lowest BCUT2D eigenvalue weighted by Crippen LogP contribution is -2.50. The van der Waals surface area contributed by atoms with Crippen molar-refractivity contribution >= 4 is 22.1 Å². The van der Waals surface area contributed by atoms with E-state index in [1.807, 2.05) is 0 Å². The molecule has 0 atom stereocenters. The van der Waals surface area contributed by atoms with Gasteiger partial charge in [0.2, 0.25) is 10.0 Å². The van der Waals surface area contributed by atoms with E-state index in [1.54, 1.807) is 16.3 Å². The number of carbonyl (C=O) groups is 1. The first-order valence-electron chi connectivity index (χ1n) is 9.08. The third-order valence-corrected chi connectivity index (χ3v) is 6.40. The van der Waals surface area contributed by atoms with Gasteiger partial charge in [-0.25, -0.2) is 17.5 Å². The minimum Gasteiger partial charge on any atom is -0.453 e. The Balaban J connectivity index is 1.70. The number of sulfonamides is 1. The van der Waals surface area contributed by atoms with Crippen LogP contribution in [-0.2, 0) is 14.8 Å². The lowest BCUT2D eigenvalue weighted by molar-refractivity contribution is 0.111. The van der Waals surface area contributed by atoms with Gasteiger partial charge in [-0.2, -0.15) is 0 Å². The van der Waals surface area contributed by atoms with Crippen molar-refractivity contribution in [1.82, 2.24) is 19.8 Å². The molecule has 2 aliphatic rings. The van der Waals surface area contributed by atoms with E-state index >= 15 is 0 Å². The number of piperidine rings is 2. The molecule has 2 N–H and O–H groups in total. The van der Waals surface area contributed by atoms with E-state index in [9.17, 15) is 13.2 Å². The van der Waals surface area contributed by atoms with Crippen molar-refractivity contribution in [2.45, 2.75) is 31.7 Å². The summed E-state index contributed by atoms with van der Waals surface area (Å²) in [5.74, 6) is 1.19. The van der Waals surface area contributed by atoms with Crippen molar-refractivity contribution in [2.24, 2.45) is 10.9 Å². The van der Waals surface area contributed by atoms with Crippen LogP contribution in [0.1, 0.15) is 25.7 Å². The Kier molecular flexibility index (Phi) is 7.51. The van der Waals surface area contributed by atoms with Crippen LogP contribution in [0, 0.1) is 5.92 Å². The summed E-state index contributed by atoms with van der Waals surface area (Å²) in [6, 6.07) is 0.272. The topological polar surface area (TPSA) is 103 Å². The smallest absolute Gasteiger partial charge is 0.409 e. The summed E-state index contributed by atoms with van der Waals surface area (Å²) in [7, 11) is 0.0658. The Hall–Kier alpha value is -1.55. The van der Waals surface area contributed by atoms with Gasteiger partial charge < -0.3 is 20.3 Å². The number of nitrogens with zero attached hydrogens (tertiary/aromatic N) is 3. The number of hydrogen-bond acceptors (Lipinski definition) is 5. The molecule has 1 amide bonds. The molecule has 2 heterocycles. The van der Waals surface area contributed by atoms with Crippen molar-refractivity contribution in [3.63, 3.8) is 0 Å². The average Bonchev–Trinajstić information content (AvgIpc) is 2.64. The summed E-state index contributed by atoms with van der Waals surface area (Å²) < 4.78 is 29.4. The van der Waals surface area contributed by atoms with Crippen LogP contribution in [0.4, 0.5) is 4.79 Å². The van der Waals surface area contributed by atoms with Crippen molar-refractivity contribution in [3.8, 4) is 0 Å².